The molecule has 0 saturated carbocycles. The molecular formula is C11H16BrNO2S. The van der Waals surface area contributed by atoms with Gasteiger partial charge in [0, 0.05) is 10.5 Å². The molecule has 90 valence electrons. The number of halogens is 1. The van der Waals surface area contributed by atoms with E-state index in [0.29, 0.717) is 4.90 Å². The molecule has 0 heterocycles. The van der Waals surface area contributed by atoms with Crippen molar-refractivity contribution in [1.82, 2.24) is 4.72 Å². The maximum atomic E-state index is 12.0. The van der Waals surface area contributed by atoms with Gasteiger partial charge in [0.25, 0.3) is 0 Å². The smallest absolute Gasteiger partial charge is 0.209 e. The van der Waals surface area contributed by atoms with Crippen molar-refractivity contribution >= 4 is 26.0 Å². The molecule has 0 aliphatic carbocycles. The lowest BCUT2D eigenvalue weighted by Crippen LogP contribution is -2.30. The van der Waals surface area contributed by atoms with E-state index in [9.17, 15) is 8.42 Å². The van der Waals surface area contributed by atoms with Crippen LogP contribution >= 0.6 is 15.9 Å². The summed E-state index contributed by atoms with van der Waals surface area (Å²) in [5, 5.41) is 0. The van der Waals surface area contributed by atoms with Gasteiger partial charge in [-0.25, -0.2) is 13.1 Å². The Kier molecular flexibility index (Phi) is 4.15. The van der Waals surface area contributed by atoms with Gasteiger partial charge >= 0.3 is 0 Å². The van der Waals surface area contributed by atoms with Crippen LogP contribution in [0.4, 0.5) is 0 Å². The summed E-state index contributed by atoms with van der Waals surface area (Å²) in [4.78, 5) is 0.349. The third-order valence-electron chi connectivity index (χ3n) is 2.14. The zero-order valence-electron chi connectivity index (χ0n) is 9.83. The van der Waals surface area contributed by atoms with Crippen LogP contribution in [0.15, 0.2) is 21.5 Å². The Labute approximate surface area is 105 Å². The minimum Gasteiger partial charge on any atom is -0.209 e. The Morgan fingerprint density at radius 3 is 2.25 bits per heavy atom. The van der Waals surface area contributed by atoms with E-state index in [1.807, 2.05) is 13.0 Å². The largest absolute Gasteiger partial charge is 0.241 e. The number of benzene rings is 1. The van der Waals surface area contributed by atoms with E-state index >= 15 is 0 Å². The second kappa shape index (κ2) is 4.85. The van der Waals surface area contributed by atoms with E-state index in [-0.39, 0.29) is 6.04 Å². The molecule has 16 heavy (non-hydrogen) atoms. The minimum absolute atomic E-state index is 0.103. The van der Waals surface area contributed by atoms with Crippen molar-refractivity contribution in [2.24, 2.45) is 0 Å². The van der Waals surface area contributed by atoms with Crippen molar-refractivity contribution in [3.8, 4) is 0 Å². The van der Waals surface area contributed by atoms with Crippen molar-refractivity contribution in [2.75, 3.05) is 0 Å². The zero-order chi connectivity index (χ0) is 12.5. The summed E-state index contributed by atoms with van der Waals surface area (Å²) < 4.78 is 27.5. The number of sulfonamides is 1. The van der Waals surface area contributed by atoms with E-state index in [0.717, 1.165) is 15.6 Å². The van der Waals surface area contributed by atoms with Crippen LogP contribution in [-0.2, 0) is 10.0 Å². The molecule has 1 aromatic rings. The summed E-state index contributed by atoms with van der Waals surface area (Å²) in [6.45, 7) is 7.27. The molecule has 3 nitrogen and oxygen atoms in total. The first-order valence-corrected chi connectivity index (χ1v) is 7.30. The minimum atomic E-state index is -3.40. The normalized spacial score (nSPS) is 12.1. The van der Waals surface area contributed by atoms with Crippen LogP contribution in [0.3, 0.4) is 0 Å². The monoisotopic (exact) mass is 305 g/mol. The third kappa shape index (κ3) is 3.06. The average molecular weight is 306 g/mol. The molecule has 1 aromatic carbocycles. The van der Waals surface area contributed by atoms with E-state index in [1.54, 1.807) is 26.8 Å². The first-order valence-electron chi connectivity index (χ1n) is 5.03. The predicted octanol–water partition coefficient (Wildman–Crippen LogP) is 2.75. The van der Waals surface area contributed by atoms with Crippen LogP contribution < -0.4 is 4.72 Å². The quantitative estimate of drug-likeness (QED) is 0.933. The highest BCUT2D eigenvalue weighted by Crippen LogP contribution is 2.24. The van der Waals surface area contributed by atoms with Crippen LogP contribution in [-0.4, -0.2) is 14.5 Å². The molecule has 0 aliphatic heterocycles. The van der Waals surface area contributed by atoms with Gasteiger partial charge in [-0.15, -0.1) is 0 Å². The second-order valence-electron chi connectivity index (χ2n) is 4.14. The molecule has 5 heteroatoms. The van der Waals surface area contributed by atoms with Crippen molar-refractivity contribution in [3.63, 3.8) is 0 Å². The molecule has 0 saturated heterocycles. The van der Waals surface area contributed by atoms with Crippen LogP contribution in [0.5, 0.6) is 0 Å². The molecule has 0 radical (unpaired) electrons. The van der Waals surface area contributed by atoms with Gasteiger partial charge < -0.3 is 0 Å². The van der Waals surface area contributed by atoms with Crippen LogP contribution in [0, 0.1) is 13.8 Å². The van der Waals surface area contributed by atoms with Crippen LogP contribution in [0.2, 0.25) is 0 Å². The fourth-order valence-corrected chi connectivity index (χ4v) is 3.44. The summed E-state index contributed by atoms with van der Waals surface area (Å²) in [5.41, 5.74) is 1.65. The highest BCUT2D eigenvalue weighted by atomic mass is 79.9. The topological polar surface area (TPSA) is 46.2 Å². The number of hydrogen-bond acceptors (Lipinski definition) is 2. The Hall–Kier alpha value is -0.390. The zero-order valence-corrected chi connectivity index (χ0v) is 12.2. The maximum absolute atomic E-state index is 12.0. The van der Waals surface area contributed by atoms with Crippen LogP contribution in [0.25, 0.3) is 0 Å². The molecule has 0 fully saturated rings. The van der Waals surface area contributed by atoms with E-state index < -0.39 is 10.0 Å². The predicted molar refractivity (Wildman–Crippen MR) is 69.1 cm³/mol. The molecule has 0 aromatic heterocycles. The molecule has 0 unspecified atom stereocenters. The lowest BCUT2D eigenvalue weighted by atomic mass is 10.2. The first-order chi connectivity index (χ1) is 7.24. The standard InChI is InChI=1S/C11H16BrNO2S/c1-7(2)13-16(14,15)11-6-8(3)10(12)5-9(11)4/h5-7,13H,1-4H3. The Bertz CT molecular complexity index is 495. The number of nitrogens with one attached hydrogen (secondary N) is 1. The fourth-order valence-electron chi connectivity index (χ4n) is 1.42. The van der Waals surface area contributed by atoms with Gasteiger partial charge in [0.2, 0.25) is 10.0 Å². The Morgan fingerprint density at radius 1 is 1.19 bits per heavy atom. The summed E-state index contributed by atoms with van der Waals surface area (Å²) >= 11 is 3.38. The Balaban J connectivity index is 3.29. The van der Waals surface area contributed by atoms with Gasteiger partial charge in [0.1, 0.15) is 0 Å². The van der Waals surface area contributed by atoms with Gasteiger partial charge in [-0.1, -0.05) is 15.9 Å². The van der Waals surface area contributed by atoms with E-state index in [4.69, 9.17) is 0 Å². The lowest BCUT2D eigenvalue weighted by molar-refractivity contribution is 0.569. The van der Waals surface area contributed by atoms with Crippen molar-refractivity contribution in [3.05, 3.63) is 27.7 Å². The average Bonchev–Trinajstić information content (AvgIpc) is 2.08. The summed E-state index contributed by atoms with van der Waals surface area (Å²) in [7, 11) is -3.40. The second-order valence-corrected chi connectivity index (χ2v) is 6.68. The first kappa shape index (κ1) is 13.7. The van der Waals surface area contributed by atoms with E-state index in [1.165, 1.54) is 0 Å². The SMILES string of the molecule is Cc1cc(S(=O)(=O)NC(C)C)c(C)cc1Br. The third-order valence-corrected chi connectivity index (χ3v) is 4.79. The molecular weight excluding hydrogens is 290 g/mol. The maximum Gasteiger partial charge on any atom is 0.241 e. The Morgan fingerprint density at radius 2 is 1.75 bits per heavy atom. The summed E-state index contributed by atoms with van der Waals surface area (Å²) in [6.07, 6.45) is 0. The highest BCUT2D eigenvalue weighted by molar-refractivity contribution is 9.10. The molecule has 0 aliphatic rings. The molecule has 0 atom stereocenters. The van der Waals surface area contributed by atoms with Crippen LogP contribution in [0.1, 0.15) is 25.0 Å². The molecule has 1 rings (SSSR count). The molecule has 0 spiro atoms. The highest BCUT2D eigenvalue weighted by Gasteiger charge is 2.18. The number of rotatable bonds is 3. The summed E-state index contributed by atoms with van der Waals surface area (Å²) in [6, 6.07) is 3.40. The number of aryl methyl sites for hydroxylation is 2. The van der Waals surface area contributed by atoms with E-state index in [2.05, 4.69) is 20.7 Å². The van der Waals surface area contributed by atoms with Crippen molar-refractivity contribution in [2.45, 2.75) is 38.6 Å². The molecule has 0 amide bonds. The number of hydrogen-bond donors (Lipinski definition) is 1. The molecule has 1 N–H and O–H groups in total. The van der Waals surface area contributed by atoms with Gasteiger partial charge in [-0.3, -0.25) is 0 Å². The fraction of sp³-hybridized carbons (Fsp3) is 0.455. The lowest BCUT2D eigenvalue weighted by Gasteiger charge is -2.13. The van der Waals surface area contributed by atoms with Crippen molar-refractivity contribution < 1.29 is 8.42 Å². The van der Waals surface area contributed by atoms with Gasteiger partial charge in [0.05, 0.1) is 4.90 Å². The van der Waals surface area contributed by atoms with Crippen molar-refractivity contribution in [1.29, 1.82) is 0 Å². The van der Waals surface area contributed by atoms with Gasteiger partial charge in [-0.2, -0.15) is 0 Å². The van der Waals surface area contributed by atoms with Gasteiger partial charge in [0.15, 0.2) is 0 Å². The van der Waals surface area contributed by atoms with Gasteiger partial charge in [-0.05, 0) is 51.0 Å². The molecule has 0 bridgehead atoms. The summed E-state index contributed by atoms with van der Waals surface area (Å²) in [5.74, 6) is 0.